The zero-order chi connectivity index (χ0) is 22.1. The maximum Gasteiger partial charge on any atom is 0.305 e. The highest BCUT2D eigenvalue weighted by Gasteiger charge is 2.02. The van der Waals surface area contributed by atoms with Crippen LogP contribution in [0.4, 0.5) is 0 Å². The van der Waals surface area contributed by atoms with Gasteiger partial charge in [-0.25, -0.2) is 0 Å². The maximum atomic E-state index is 11.5. The molecule has 0 aliphatic rings. The van der Waals surface area contributed by atoms with Gasteiger partial charge in [0.15, 0.2) is 0 Å². The molecule has 0 heterocycles. The number of esters is 1. The lowest BCUT2D eigenvalue weighted by molar-refractivity contribution is -0.145. The Labute approximate surface area is 184 Å². The van der Waals surface area contributed by atoms with Crippen molar-refractivity contribution in [2.24, 2.45) is 5.92 Å². The van der Waals surface area contributed by atoms with Crippen LogP contribution >= 0.6 is 0 Å². The van der Waals surface area contributed by atoms with Crippen LogP contribution in [-0.4, -0.2) is 78.6 Å². The van der Waals surface area contributed by atoms with Crippen LogP contribution in [-0.2, 0) is 33.2 Å². The highest BCUT2D eigenvalue weighted by atomic mass is 16.6. The molecular formula is C23H46O7. The van der Waals surface area contributed by atoms with E-state index in [9.17, 15) is 4.79 Å². The third kappa shape index (κ3) is 23.5. The van der Waals surface area contributed by atoms with Gasteiger partial charge in [0, 0.05) is 13.0 Å². The van der Waals surface area contributed by atoms with Crippen LogP contribution in [0.3, 0.4) is 0 Å². The molecule has 0 N–H and O–H groups in total. The summed E-state index contributed by atoms with van der Waals surface area (Å²) in [5, 5.41) is 0. The van der Waals surface area contributed by atoms with E-state index in [4.69, 9.17) is 28.4 Å². The van der Waals surface area contributed by atoms with E-state index in [1.54, 1.807) is 0 Å². The van der Waals surface area contributed by atoms with Gasteiger partial charge in [-0.3, -0.25) is 4.79 Å². The van der Waals surface area contributed by atoms with Crippen molar-refractivity contribution in [2.45, 2.75) is 65.7 Å². The zero-order valence-electron chi connectivity index (χ0n) is 19.7. The van der Waals surface area contributed by atoms with Crippen LogP contribution in [0.5, 0.6) is 0 Å². The molecule has 0 aromatic heterocycles. The summed E-state index contributed by atoms with van der Waals surface area (Å²) in [4.78, 5) is 11.5. The number of unbranched alkanes of at least 4 members (excludes halogenated alkanes) is 4. The summed E-state index contributed by atoms with van der Waals surface area (Å²) in [6.07, 6.45) is 7.29. The van der Waals surface area contributed by atoms with Crippen LogP contribution in [0.25, 0.3) is 0 Å². The quantitative estimate of drug-likeness (QED) is 0.168. The first-order chi connectivity index (χ1) is 14.7. The highest BCUT2D eigenvalue weighted by Crippen LogP contribution is 2.05. The van der Waals surface area contributed by atoms with Crippen molar-refractivity contribution < 1.29 is 33.2 Å². The van der Waals surface area contributed by atoms with Crippen LogP contribution in [0.15, 0.2) is 0 Å². The maximum absolute atomic E-state index is 11.5. The Morgan fingerprint density at radius 1 is 0.633 bits per heavy atom. The lowest BCUT2D eigenvalue weighted by Gasteiger charge is -2.10. The van der Waals surface area contributed by atoms with Crippen LogP contribution < -0.4 is 0 Å². The third-order valence-corrected chi connectivity index (χ3v) is 4.56. The molecule has 180 valence electrons. The molecule has 0 radical (unpaired) electrons. The fraction of sp³-hybridized carbons (Fsp3) is 0.957. The third-order valence-electron chi connectivity index (χ3n) is 4.56. The summed E-state index contributed by atoms with van der Waals surface area (Å²) >= 11 is 0. The van der Waals surface area contributed by atoms with E-state index in [2.05, 4.69) is 20.8 Å². The fourth-order valence-corrected chi connectivity index (χ4v) is 2.44. The predicted molar refractivity (Wildman–Crippen MR) is 118 cm³/mol. The van der Waals surface area contributed by atoms with Gasteiger partial charge in [-0.1, -0.05) is 52.9 Å². The molecule has 0 saturated carbocycles. The van der Waals surface area contributed by atoms with Crippen LogP contribution in [0.1, 0.15) is 65.7 Å². The first kappa shape index (κ1) is 29.3. The molecule has 0 rings (SSSR count). The largest absolute Gasteiger partial charge is 0.463 e. The van der Waals surface area contributed by atoms with Gasteiger partial charge < -0.3 is 28.4 Å². The van der Waals surface area contributed by atoms with Crippen molar-refractivity contribution in [3.05, 3.63) is 0 Å². The topological polar surface area (TPSA) is 72.5 Å². The summed E-state index contributed by atoms with van der Waals surface area (Å²) in [5.41, 5.74) is 0. The molecule has 0 amide bonds. The van der Waals surface area contributed by atoms with Gasteiger partial charge in [0.2, 0.25) is 0 Å². The van der Waals surface area contributed by atoms with Crippen molar-refractivity contribution in [1.82, 2.24) is 0 Å². The van der Waals surface area contributed by atoms with Gasteiger partial charge in [0.25, 0.3) is 0 Å². The van der Waals surface area contributed by atoms with Gasteiger partial charge >= 0.3 is 5.97 Å². The van der Waals surface area contributed by atoms with Gasteiger partial charge in [-0.15, -0.1) is 0 Å². The Hall–Kier alpha value is -0.730. The monoisotopic (exact) mass is 434 g/mol. The molecule has 0 bridgehead atoms. The number of rotatable bonds is 24. The predicted octanol–water partition coefficient (Wildman–Crippen LogP) is 4.02. The number of ether oxygens (including phenoxy) is 6. The van der Waals surface area contributed by atoms with Crippen LogP contribution in [0, 0.1) is 5.92 Å². The lowest BCUT2D eigenvalue weighted by Crippen LogP contribution is -2.15. The van der Waals surface area contributed by atoms with Crippen molar-refractivity contribution in [3.63, 3.8) is 0 Å². The molecule has 1 atom stereocenters. The Kier molecular flexibility index (Phi) is 23.9. The van der Waals surface area contributed by atoms with Crippen molar-refractivity contribution in [3.8, 4) is 0 Å². The number of carbonyl (C=O) groups excluding carboxylic acids is 1. The second kappa shape index (κ2) is 24.5. The number of hydrogen-bond donors (Lipinski definition) is 0. The van der Waals surface area contributed by atoms with E-state index >= 15 is 0 Å². The average Bonchev–Trinajstić information content (AvgIpc) is 2.75. The molecule has 0 spiro atoms. The second-order valence-corrected chi connectivity index (χ2v) is 7.42. The van der Waals surface area contributed by atoms with E-state index in [1.807, 2.05) is 0 Å². The van der Waals surface area contributed by atoms with E-state index in [0.717, 1.165) is 25.9 Å². The fourth-order valence-electron chi connectivity index (χ4n) is 2.44. The minimum absolute atomic E-state index is 0.133. The standard InChI is InChI=1S/C23H46O7/c1-4-6-7-8-9-10-23(24)30-20-19-28-16-15-26-12-11-25-13-14-27-17-18-29-21-22(3)5-2/h22H,4-21H2,1-3H3. The average molecular weight is 435 g/mol. The van der Waals surface area contributed by atoms with E-state index < -0.39 is 0 Å². The molecule has 0 aromatic rings. The molecule has 0 saturated heterocycles. The van der Waals surface area contributed by atoms with E-state index in [1.165, 1.54) is 19.3 Å². The number of hydrogen-bond acceptors (Lipinski definition) is 7. The summed E-state index contributed by atoms with van der Waals surface area (Å²) in [6, 6.07) is 0. The summed E-state index contributed by atoms with van der Waals surface area (Å²) in [6.45, 7) is 12.4. The Balaban J connectivity index is 3.12. The van der Waals surface area contributed by atoms with Gasteiger partial charge in [-0.2, -0.15) is 0 Å². The molecule has 0 aromatic carbocycles. The summed E-state index contributed by atoms with van der Waals surface area (Å²) < 4.78 is 32.3. The molecule has 30 heavy (non-hydrogen) atoms. The SMILES string of the molecule is CCCCCCCC(=O)OCCOCCOCCOCCOCCOCC(C)CC. The van der Waals surface area contributed by atoms with Gasteiger partial charge in [-0.05, 0) is 12.3 Å². The normalized spacial score (nSPS) is 12.2. The smallest absolute Gasteiger partial charge is 0.305 e. The van der Waals surface area contributed by atoms with Crippen molar-refractivity contribution >= 4 is 5.97 Å². The lowest BCUT2D eigenvalue weighted by atomic mass is 10.1. The molecular weight excluding hydrogens is 388 g/mol. The molecule has 7 heteroatoms. The number of carbonyl (C=O) groups is 1. The summed E-state index contributed by atoms with van der Waals surface area (Å²) in [5.74, 6) is 0.470. The van der Waals surface area contributed by atoms with Crippen LogP contribution in [0.2, 0.25) is 0 Å². The molecule has 0 aliphatic heterocycles. The second-order valence-electron chi connectivity index (χ2n) is 7.42. The Morgan fingerprint density at radius 2 is 1.10 bits per heavy atom. The highest BCUT2D eigenvalue weighted by molar-refractivity contribution is 5.69. The molecule has 1 unspecified atom stereocenters. The minimum atomic E-state index is -0.133. The first-order valence-corrected chi connectivity index (χ1v) is 11.7. The minimum Gasteiger partial charge on any atom is -0.463 e. The van der Waals surface area contributed by atoms with Gasteiger partial charge in [0.1, 0.15) is 6.61 Å². The van der Waals surface area contributed by atoms with E-state index in [0.29, 0.717) is 78.4 Å². The van der Waals surface area contributed by atoms with Crippen molar-refractivity contribution in [1.29, 1.82) is 0 Å². The molecule has 0 aliphatic carbocycles. The summed E-state index contributed by atoms with van der Waals surface area (Å²) in [7, 11) is 0. The van der Waals surface area contributed by atoms with Gasteiger partial charge in [0.05, 0.1) is 59.5 Å². The zero-order valence-corrected chi connectivity index (χ0v) is 19.7. The molecule has 7 nitrogen and oxygen atoms in total. The van der Waals surface area contributed by atoms with Crippen molar-refractivity contribution in [2.75, 3.05) is 72.7 Å². The Morgan fingerprint density at radius 3 is 1.60 bits per heavy atom. The molecule has 0 fully saturated rings. The Bertz CT molecular complexity index is 352. The van der Waals surface area contributed by atoms with E-state index in [-0.39, 0.29) is 5.97 Å². The first-order valence-electron chi connectivity index (χ1n) is 11.7.